The number of halogens is 2. The summed E-state index contributed by atoms with van der Waals surface area (Å²) in [5.74, 6) is -0.313. The van der Waals surface area contributed by atoms with Crippen LogP contribution in [0.25, 0.3) is 0 Å². The van der Waals surface area contributed by atoms with E-state index in [4.69, 9.17) is 37.4 Å². The molecule has 0 aromatic heterocycles. The average molecular weight is 488 g/mol. The van der Waals surface area contributed by atoms with Crippen molar-refractivity contribution in [3.8, 4) is 11.5 Å². The molecule has 3 aromatic carbocycles. The van der Waals surface area contributed by atoms with Crippen LogP contribution in [-0.4, -0.2) is 25.6 Å². The Labute approximate surface area is 202 Å². The zero-order chi connectivity index (χ0) is 24.0. The number of nitrogens with one attached hydrogen (secondary N) is 1. The number of carbonyl (C=O) groups is 2. The van der Waals surface area contributed by atoms with Crippen LogP contribution in [-0.2, 0) is 16.1 Å². The highest BCUT2D eigenvalue weighted by Crippen LogP contribution is 2.30. The fourth-order valence-corrected chi connectivity index (χ4v) is 3.57. The Bertz CT molecular complexity index is 1160. The maximum atomic E-state index is 12.4. The zero-order valence-electron chi connectivity index (χ0n) is 18.4. The van der Waals surface area contributed by atoms with Crippen molar-refractivity contribution >= 4 is 40.8 Å². The first-order valence-electron chi connectivity index (χ1n) is 10.1. The summed E-state index contributed by atoms with van der Waals surface area (Å²) in [6.45, 7) is 3.56. The Morgan fingerprint density at radius 1 is 0.939 bits per heavy atom. The quantitative estimate of drug-likeness (QED) is 0.394. The fourth-order valence-electron chi connectivity index (χ4n) is 3.11. The Morgan fingerprint density at radius 3 is 2.33 bits per heavy atom. The van der Waals surface area contributed by atoms with Crippen molar-refractivity contribution < 1.29 is 23.8 Å². The zero-order valence-corrected chi connectivity index (χ0v) is 19.9. The minimum Gasteiger partial charge on any atom is -0.493 e. The van der Waals surface area contributed by atoms with Gasteiger partial charge in [0.05, 0.1) is 12.7 Å². The van der Waals surface area contributed by atoms with Gasteiger partial charge in [0.15, 0.2) is 18.1 Å². The highest BCUT2D eigenvalue weighted by Gasteiger charge is 2.15. The molecule has 1 amide bonds. The Kier molecular flexibility index (Phi) is 8.20. The van der Waals surface area contributed by atoms with Crippen molar-refractivity contribution in [3.63, 3.8) is 0 Å². The minimum absolute atomic E-state index is 0.189. The lowest BCUT2D eigenvalue weighted by Gasteiger charge is -2.13. The summed E-state index contributed by atoms with van der Waals surface area (Å²) < 4.78 is 16.3. The molecule has 172 valence electrons. The molecule has 0 aliphatic heterocycles. The minimum atomic E-state index is -0.655. The predicted octanol–water partition coefficient (Wildman–Crippen LogP) is 5.99. The van der Waals surface area contributed by atoms with Crippen molar-refractivity contribution in [2.24, 2.45) is 0 Å². The van der Waals surface area contributed by atoms with E-state index < -0.39 is 18.5 Å². The van der Waals surface area contributed by atoms with Crippen LogP contribution in [0.2, 0.25) is 10.0 Å². The number of aryl methyl sites for hydroxylation is 2. The van der Waals surface area contributed by atoms with Crippen LogP contribution in [0.15, 0.2) is 54.6 Å². The molecule has 0 heterocycles. The molecule has 0 saturated heterocycles. The van der Waals surface area contributed by atoms with E-state index in [9.17, 15) is 9.59 Å². The fraction of sp³-hybridized carbons (Fsp3) is 0.200. The smallest absolute Gasteiger partial charge is 0.338 e. The number of benzene rings is 3. The number of esters is 1. The molecule has 0 aliphatic carbocycles. The normalized spacial score (nSPS) is 10.5. The number of para-hydroxylation sites is 1. The third kappa shape index (κ3) is 6.40. The first-order chi connectivity index (χ1) is 15.8. The molecule has 0 aliphatic rings. The lowest BCUT2D eigenvalue weighted by Crippen LogP contribution is -2.21. The van der Waals surface area contributed by atoms with Crippen LogP contribution < -0.4 is 14.8 Å². The van der Waals surface area contributed by atoms with Gasteiger partial charge >= 0.3 is 5.97 Å². The summed E-state index contributed by atoms with van der Waals surface area (Å²) in [5.41, 5.74) is 3.54. The summed E-state index contributed by atoms with van der Waals surface area (Å²) in [4.78, 5) is 24.7. The van der Waals surface area contributed by atoms with Crippen LogP contribution in [0.5, 0.6) is 11.5 Å². The van der Waals surface area contributed by atoms with Crippen molar-refractivity contribution in [2.45, 2.75) is 20.5 Å². The van der Waals surface area contributed by atoms with Crippen LogP contribution in [0.3, 0.4) is 0 Å². The van der Waals surface area contributed by atoms with Crippen molar-refractivity contribution in [1.82, 2.24) is 0 Å². The van der Waals surface area contributed by atoms with Crippen LogP contribution in [0.1, 0.15) is 27.0 Å². The molecule has 6 nitrogen and oxygen atoms in total. The predicted molar refractivity (Wildman–Crippen MR) is 129 cm³/mol. The first-order valence-corrected chi connectivity index (χ1v) is 10.8. The van der Waals surface area contributed by atoms with Crippen LogP contribution in [0, 0.1) is 13.8 Å². The van der Waals surface area contributed by atoms with Gasteiger partial charge in [-0.3, -0.25) is 4.79 Å². The molecule has 0 atom stereocenters. The van der Waals surface area contributed by atoms with E-state index in [0.717, 1.165) is 16.7 Å². The molecule has 8 heteroatoms. The number of anilines is 1. The van der Waals surface area contributed by atoms with Crippen molar-refractivity contribution in [2.75, 3.05) is 19.0 Å². The molecule has 3 rings (SSSR count). The second-order valence-corrected chi connectivity index (χ2v) is 8.12. The van der Waals surface area contributed by atoms with Crippen molar-refractivity contribution in [3.05, 3.63) is 86.9 Å². The van der Waals surface area contributed by atoms with Gasteiger partial charge in [0.25, 0.3) is 5.91 Å². The molecule has 0 fully saturated rings. The van der Waals surface area contributed by atoms with Gasteiger partial charge in [-0.2, -0.15) is 0 Å². The summed E-state index contributed by atoms with van der Waals surface area (Å²) in [6.07, 6.45) is 0. The summed E-state index contributed by atoms with van der Waals surface area (Å²) in [5, 5.41) is 3.80. The van der Waals surface area contributed by atoms with Gasteiger partial charge < -0.3 is 19.5 Å². The van der Waals surface area contributed by atoms with E-state index in [1.807, 2.05) is 32.0 Å². The third-order valence-electron chi connectivity index (χ3n) is 4.88. The van der Waals surface area contributed by atoms with E-state index >= 15 is 0 Å². The number of hydrogen-bond acceptors (Lipinski definition) is 5. The molecule has 0 spiro atoms. The maximum Gasteiger partial charge on any atom is 0.338 e. The molecular weight excluding hydrogens is 465 g/mol. The van der Waals surface area contributed by atoms with Gasteiger partial charge in [-0.1, -0.05) is 47.5 Å². The number of amides is 1. The Balaban J connectivity index is 1.61. The highest BCUT2D eigenvalue weighted by atomic mass is 35.5. The molecule has 0 saturated carbocycles. The average Bonchev–Trinajstić information content (AvgIpc) is 2.79. The molecule has 0 unspecified atom stereocenters. The van der Waals surface area contributed by atoms with Gasteiger partial charge in [-0.15, -0.1) is 0 Å². The summed E-state index contributed by atoms with van der Waals surface area (Å²) >= 11 is 12.1. The molecular formula is C25H23Cl2NO5. The van der Waals surface area contributed by atoms with E-state index in [2.05, 4.69) is 5.32 Å². The lowest BCUT2D eigenvalue weighted by molar-refractivity contribution is -0.119. The Hall–Kier alpha value is -3.22. The highest BCUT2D eigenvalue weighted by molar-refractivity contribution is 6.35. The number of methoxy groups -OCH3 is 1. The number of carbonyl (C=O) groups excluding carboxylic acids is 2. The van der Waals surface area contributed by atoms with Crippen LogP contribution in [0.4, 0.5) is 5.69 Å². The molecule has 33 heavy (non-hydrogen) atoms. The number of rotatable bonds is 8. The molecule has 0 radical (unpaired) electrons. The van der Waals surface area contributed by atoms with Gasteiger partial charge in [-0.05, 0) is 55.3 Å². The largest absolute Gasteiger partial charge is 0.493 e. The summed E-state index contributed by atoms with van der Waals surface area (Å²) in [6, 6.07) is 15.4. The second-order valence-electron chi connectivity index (χ2n) is 7.28. The lowest BCUT2D eigenvalue weighted by atomic mass is 10.1. The van der Waals surface area contributed by atoms with Gasteiger partial charge in [0.2, 0.25) is 0 Å². The summed E-state index contributed by atoms with van der Waals surface area (Å²) in [7, 11) is 1.46. The van der Waals surface area contributed by atoms with E-state index in [1.54, 1.807) is 24.3 Å². The van der Waals surface area contributed by atoms with Gasteiger partial charge in [0.1, 0.15) is 6.61 Å². The van der Waals surface area contributed by atoms with E-state index in [0.29, 0.717) is 27.2 Å². The van der Waals surface area contributed by atoms with Crippen molar-refractivity contribution in [1.29, 1.82) is 0 Å². The van der Waals surface area contributed by atoms with Gasteiger partial charge in [-0.25, -0.2) is 4.79 Å². The van der Waals surface area contributed by atoms with E-state index in [-0.39, 0.29) is 12.2 Å². The topological polar surface area (TPSA) is 73.9 Å². The third-order valence-corrected chi connectivity index (χ3v) is 5.46. The standard InChI is InChI=1S/C25H23Cl2NO5/c1-15-5-4-6-16(2)24(15)28-23(29)14-33-25(30)17-8-10-21(22(11-17)31-3)32-13-18-7-9-19(26)12-20(18)27/h4-12H,13-14H2,1-3H3,(H,28,29). The molecule has 1 N–H and O–H groups in total. The number of ether oxygens (including phenoxy) is 3. The van der Waals surface area contributed by atoms with Crippen LogP contribution >= 0.6 is 23.2 Å². The first kappa shape index (κ1) is 24.4. The monoisotopic (exact) mass is 487 g/mol. The molecule has 0 bridgehead atoms. The SMILES string of the molecule is COc1cc(C(=O)OCC(=O)Nc2c(C)cccc2C)ccc1OCc1ccc(Cl)cc1Cl. The van der Waals surface area contributed by atoms with Gasteiger partial charge in [0, 0.05) is 21.3 Å². The number of hydrogen-bond donors (Lipinski definition) is 1. The second kappa shape index (κ2) is 11.1. The Morgan fingerprint density at radius 2 is 1.67 bits per heavy atom. The molecule has 3 aromatic rings. The van der Waals surface area contributed by atoms with E-state index in [1.165, 1.54) is 19.2 Å². The maximum absolute atomic E-state index is 12.4.